The lowest BCUT2D eigenvalue weighted by Gasteiger charge is -2.22. The third-order valence-corrected chi connectivity index (χ3v) is 2.65. The van der Waals surface area contributed by atoms with Crippen molar-refractivity contribution in [2.24, 2.45) is 11.8 Å². The van der Waals surface area contributed by atoms with Gasteiger partial charge < -0.3 is 9.64 Å². The maximum Gasteiger partial charge on any atom is 0.309 e. The highest BCUT2D eigenvalue weighted by Gasteiger charge is 2.18. The fourth-order valence-corrected chi connectivity index (χ4v) is 1.48. The first-order valence-electron chi connectivity index (χ1n) is 5.77. The Morgan fingerprint density at radius 1 is 1.40 bits per heavy atom. The summed E-state index contributed by atoms with van der Waals surface area (Å²) in [6.45, 7) is 8.30. The highest BCUT2D eigenvalue weighted by molar-refractivity contribution is 5.72. The lowest BCUT2D eigenvalue weighted by Crippen LogP contribution is -2.31. The van der Waals surface area contributed by atoms with Crippen LogP contribution in [0.15, 0.2) is 0 Å². The molecule has 0 aliphatic carbocycles. The molecule has 0 aliphatic rings. The molecular weight excluding hydrogens is 190 g/mol. The molecule has 90 valence electrons. The summed E-state index contributed by atoms with van der Waals surface area (Å²) >= 11 is 0. The van der Waals surface area contributed by atoms with E-state index in [1.807, 2.05) is 6.92 Å². The molecule has 0 heterocycles. The van der Waals surface area contributed by atoms with E-state index in [0.29, 0.717) is 5.92 Å². The quantitative estimate of drug-likeness (QED) is 0.610. The van der Waals surface area contributed by atoms with Crippen molar-refractivity contribution in [3.63, 3.8) is 0 Å². The van der Waals surface area contributed by atoms with Crippen LogP contribution in [0.25, 0.3) is 0 Å². The number of hydrogen-bond donors (Lipinski definition) is 0. The van der Waals surface area contributed by atoms with Gasteiger partial charge in [0, 0.05) is 6.54 Å². The fourth-order valence-electron chi connectivity index (χ4n) is 1.48. The topological polar surface area (TPSA) is 29.5 Å². The molecule has 0 amide bonds. The van der Waals surface area contributed by atoms with Crippen molar-refractivity contribution in [2.75, 3.05) is 27.2 Å². The number of esters is 1. The van der Waals surface area contributed by atoms with Gasteiger partial charge in [-0.2, -0.15) is 0 Å². The second kappa shape index (κ2) is 7.69. The first kappa shape index (κ1) is 14.4. The second-order valence-corrected chi connectivity index (χ2v) is 4.57. The summed E-state index contributed by atoms with van der Waals surface area (Å²) in [6.07, 6.45) is 2.02. The van der Waals surface area contributed by atoms with Crippen LogP contribution >= 0.6 is 0 Å². The predicted octanol–water partition coefficient (Wildman–Crippen LogP) is 2.16. The number of rotatable bonds is 7. The summed E-state index contributed by atoms with van der Waals surface area (Å²) in [7, 11) is 3.52. The summed E-state index contributed by atoms with van der Waals surface area (Å²) in [5.74, 6) is 0.645. The van der Waals surface area contributed by atoms with E-state index in [2.05, 4.69) is 25.8 Å². The van der Waals surface area contributed by atoms with Gasteiger partial charge in [-0.05, 0) is 32.4 Å². The molecule has 0 radical (unpaired) electrons. The van der Waals surface area contributed by atoms with Gasteiger partial charge in [-0.25, -0.2) is 0 Å². The Labute approximate surface area is 93.8 Å². The number of methoxy groups -OCH3 is 1. The standard InChI is InChI=1S/C12H25NO2/c1-6-11(12(14)15-5)9-13(4)8-7-10(2)3/h10-11H,6-9H2,1-5H3. The van der Waals surface area contributed by atoms with E-state index in [-0.39, 0.29) is 11.9 Å². The van der Waals surface area contributed by atoms with E-state index in [1.165, 1.54) is 13.5 Å². The monoisotopic (exact) mass is 215 g/mol. The SMILES string of the molecule is CCC(CN(C)CCC(C)C)C(=O)OC. The van der Waals surface area contributed by atoms with Crippen molar-refractivity contribution in [1.82, 2.24) is 4.90 Å². The Hall–Kier alpha value is -0.570. The molecule has 0 spiro atoms. The van der Waals surface area contributed by atoms with Crippen LogP contribution in [0.2, 0.25) is 0 Å². The Bertz CT molecular complexity index is 180. The van der Waals surface area contributed by atoms with E-state index in [1.54, 1.807) is 0 Å². The molecule has 0 rings (SSSR count). The van der Waals surface area contributed by atoms with E-state index in [4.69, 9.17) is 4.74 Å². The molecule has 0 aromatic carbocycles. The summed E-state index contributed by atoms with van der Waals surface area (Å²) in [5, 5.41) is 0. The van der Waals surface area contributed by atoms with Crippen molar-refractivity contribution >= 4 is 5.97 Å². The van der Waals surface area contributed by atoms with Crippen molar-refractivity contribution in [3.05, 3.63) is 0 Å². The van der Waals surface area contributed by atoms with Crippen LogP contribution in [-0.2, 0) is 9.53 Å². The van der Waals surface area contributed by atoms with Crippen LogP contribution in [-0.4, -0.2) is 38.1 Å². The molecule has 3 nitrogen and oxygen atoms in total. The largest absolute Gasteiger partial charge is 0.469 e. The maximum absolute atomic E-state index is 11.4. The molecule has 0 N–H and O–H groups in total. The second-order valence-electron chi connectivity index (χ2n) is 4.57. The van der Waals surface area contributed by atoms with Gasteiger partial charge in [-0.1, -0.05) is 20.8 Å². The first-order valence-corrected chi connectivity index (χ1v) is 5.77. The average Bonchev–Trinajstić information content (AvgIpc) is 2.21. The number of carbonyl (C=O) groups excluding carboxylic acids is 1. The minimum absolute atomic E-state index is 0.0205. The average molecular weight is 215 g/mol. The van der Waals surface area contributed by atoms with Crippen LogP contribution in [0.3, 0.4) is 0 Å². The number of hydrogen-bond acceptors (Lipinski definition) is 3. The van der Waals surface area contributed by atoms with Gasteiger partial charge in [0.2, 0.25) is 0 Å². The normalized spacial score (nSPS) is 13.3. The third-order valence-electron chi connectivity index (χ3n) is 2.65. The fraction of sp³-hybridized carbons (Fsp3) is 0.917. The maximum atomic E-state index is 11.4. The van der Waals surface area contributed by atoms with Gasteiger partial charge in [0.05, 0.1) is 13.0 Å². The third kappa shape index (κ3) is 6.50. The molecule has 0 bridgehead atoms. The zero-order valence-corrected chi connectivity index (χ0v) is 10.7. The zero-order chi connectivity index (χ0) is 11.8. The molecule has 15 heavy (non-hydrogen) atoms. The number of carbonyl (C=O) groups is 1. The van der Waals surface area contributed by atoms with E-state index < -0.39 is 0 Å². The van der Waals surface area contributed by atoms with Crippen LogP contribution in [0.5, 0.6) is 0 Å². The van der Waals surface area contributed by atoms with Gasteiger partial charge in [-0.15, -0.1) is 0 Å². The highest BCUT2D eigenvalue weighted by Crippen LogP contribution is 2.08. The predicted molar refractivity (Wildman–Crippen MR) is 62.7 cm³/mol. The Balaban J connectivity index is 3.90. The van der Waals surface area contributed by atoms with Crippen LogP contribution in [0, 0.1) is 11.8 Å². The summed E-state index contributed by atoms with van der Waals surface area (Å²) in [5.41, 5.74) is 0. The molecule has 0 aliphatic heterocycles. The van der Waals surface area contributed by atoms with Gasteiger partial charge in [0.15, 0.2) is 0 Å². The van der Waals surface area contributed by atoms with Crippen LogP contribution in [0.1, 0.15) is 33.6 Å². The van der Waals surface area contributed by atoms with Crippen LogP contribution in [0.4, 0.5) is 0 Å². The summed E-state index contributed by atoms with van der Waals surface area (Å²) < 4.78 is 4.76. The molecule has 0 aromatic rings. The van der Waals surface area contributed by atoms with E-state index in [0.717, 1.165) is 19.5 Å². The molecular formula is C12H25NO2. The summed E-state index contributed by atoms with van der Waals surface area (Å²) in [4.78, 5) is 13.6. The molecule has 1 unspecified atom stereocenters. The first-order chi connectivity index (χ1) is 7.01. The number of ether oxygens (including phenoxy) is 1. The molecule has 0 aromatic heterocycles. The van der Waals surface area contributed by atoms with Gasteiger partial charge >= 0.3 is 5.97 Å². The molecule has 1 atom stereocenters. The minimum atomic E-state index is -0.0890. The molecule has 3 heteroatoms. The lowest BCUT2D eigenvalue weighted by atomic mass is 10.1. The van der Waals surface area contributed by atoms with Gasteiger partial charge in [-0.3, -0.25) is 4.79 Å². The zero-order valence-electron chi connectivity index (χ0n) is 10.7. The molecule has 0 saturated carbocycles. The molecule has 0 saturated heterocycles. The lowest BCUT2D eigenvalue weighted by molar-refractivity contribution is -0.146. The van der Waals surface area contributed by atoms with Crippen molar-refractivity contribution < 1.29 is 9.53 Å². The Kier molecular flexibility index (Phi) is 7.39. The highest BCUT2D eigenvalue weighted by atomic mass is 16.5. The smallest absolute Gasteiger partial charge is 0.309 e. The minimum Gasteiger partial charge on any atom is -0.469 e. The Morgan fingerprint density at radius 2 is 2.00 bits per heavy atom. The molecule has 0 fully saturated rings. The Morgan fingerprint density at radius 3 is 2.40 bits per heavy atom. The van der Waals surface area contributed by atoms with E-state index >= 15 is 0 Å². The van der Waals surface area contributed by atoms with Crippen LogP contribution < -0.4 is 0 Å². The van der Waals surface area contributed by atoms with Crippen molar-refractivity contribution in [3.8, 4) is 0 Å². The van der Waals surface area contributed by atoms with Gasteiger partial charge in [0.1, 0.15) is 0 Å². The summed E-state index contributed by atoms with van der Waals surface area (Å²) in [6, 6.07) is 0. The van der Waals surface area contributed by atoms with Crippen molar-refractivity contribution in [1.29, 1.82) is 0 Å². The number of nitrogens with zero attached hydrogens (tertiary/aromatic N) is 1. The van der Waals surface area contributed by atoms with E-state index in [9.17, 15) is 4.79 Å². The van der Waals surface area contributed by atoms with Crippen molar-refractivity contribution in [2.45, 2.75) is 33.6 Å². The van der Waals surface area contributed by atoms with Gasteiger partial charge in [0.25, 0.3) is 0 Å².